The van der Waals surface area contributed by atoms with Gasteiger partial charge in [0.15, 0.2) is 0 Å². The first-order valence-corrected chi connectivity index (χ1v) is 6.10. The number of rotatable bonds is 3. The predicted octanol–water partition coefficient (Wildman–Crippen LogP) is 2.35. The number of piperazine rings is 1. The van der Waals surface area contributed by atoms with Crippen LogP contribution in [0.25, 0.3) is 0 Å². The molecule has 4 heteroatoms. The number of hydrogen-bond donors (Lipinski definition) is 1. The lowest BCUT2D eigenvalue weighted by Crippen LogP contribution is -2.61. The van der Waals surface area contributed by atoms with E-state index in [9.17, 15) is 8.78 Å². The molecule has 0 aromatic rings. The average molecular weight is 234 g/mol. The summed E-state index contributed by atoms with van der Waals surface area (Å²) in [6, 6.07) is 0.557. The zero-order valence-corrected chi connectivity index (χ0v) is 10.8. The van der Waals surface area contributed by atoms with E-state index >= 15 is 0 Å². The van der Waals surface area contributed by atoms with Crippen LogP contribution in [0.15, 0.2) is 0 Å². The zero-order valence-electron chi connectivity index (χ0n) is 10.8. The second kappa shape index (κ2) is 5.41. The van der Waals surface area contributed by atoms with Gasteiger partial charge in [-0.1, -0.05) is 27.7 Å². The number of nitrogens with one attached hydrogen (secondary N) is 1. The lowest BCUT2D eigenvalue weighted by molar-refractivity contribution is 0.00513. The van der Waals surface area contributed by atoms with Crippen LogP contribution in [0.4, 0.5) is 8.78 Å². The molecule has 1 N–H and O–H groups in total. The molecule has 1 aliphatic rings. The molecule has 0 bridgehead atoms. The molecule has 1 saturated heterocycles. The van der Waals surface area contributed by atoms with Crippen LogP contribution in [-0.4, -0.2) is 43.0 Å². The maximum Gasteiger partial charge on any atom is 0.251 e. The van der Waals surface area contributed by atoms with Gasteiger partial charge in [-0.3, -0.25) is 4.90 Å². The van der Waals surface area contributed by atoms with Gasteiger partial charge in [-0.05, 0) is 11.8 Å². The van der Waals surface area contributed by atoms with Crippen LogP contribution in [0.3, 0.4) is 0 Å². The number of nitrogens with zero attached hydrogens (tertiary/aromatic N) is 1. The van der Waals surface area contributed by atoms with E-state index in [1.807, 2.05) is 4.90 Å². The van der Waals surface area contributed by atoms with Crippen LogP contribution in [-0.2, 0) is 0 Å². The third kappa shape index (κ3) is 3.67. The Hall–Kier alpha value is -0.220. The van der Waals surface area contributed by atoms with Crippen LogP contribution in [0.5, 0.6) is 0 Å². The van der Waals surface area contributed by atoms with Crippen molar-refractivity contribution in [2.45, 2.75) is 52.6 Å². The molecular weight excluding hydrogens is 210 g/mol. The average Bonchev–Trinajstić information content (AvgIpc) is 2.14. The smallest absolute Gasteiger partial charge is 0.251 e. The number of alkyl halides is 2. The molecule has 0 aliphatic carbocycles. The molecule has 1 rings (SSSR count). The quantitative estimate of drug-likeness (QED) is 0.806. The largest absolute Gasteiger partial charge is 0.311 e. The molecule has 0 radical (unpaired) electrons. The minimum Gasteiger partial charge on any atom is -0.311 e. The third-order valence-corrected chi connectivity index (χ3v) is 3.36. The van der Waals surface area contributed by atoms with E-state index in [-0.39, 0.29) is 18.0 Å². The standard InChI is InChI=1S/C12H24F2N2/c1-5-9-7-16(8-11(13)14)10(6-15-9)12(2,3)4/h9-11,15H,5-8H2,1-4H3. The molecule has 16 heavy (non-hydrogen) atoms. The summed E-state index contributed by atoms with van der Waals surface area (Å²) in [5.41, 5.74) is 0.0423. The second-order valence-electron chi connectivity index (χ2n) is 5.74. The minimum atomic E-state index is -2.24. The Bertz CT molecular complexity index is 214. The van der Waals surface area contributed by atoms with Crippen molar-refractivity contribution in [3.05, 3.63) is 0 Å². The topological polar surface area (TPSA) is 15.3 Å². The monoisotopic (exact) mass is 234 g/mol. The summed E-state index contributed by atoms with van der Waals surface area (Å²) in [4.78, 5) is 1.95. The van der Waals surface area contributed by atoms with Gasteiger partial charge >= 0.3 is 0 Å². The predicted molar refractivity (Wildman–Crippen MR) is 62.9 cm³/mol. The summed E-state index contributed by atoms with van der Waals surface area (Å²) in [6.07, 6.45) is -1.24. The van der Waals surface area contributed by atoms with Crippen molar-refractivity contribution >= 4 is 0 Å². The van der Waals surface area contributed by atoms with Gasteiger partial charge in [0.05, 0.1) is 6.54 Å². The highest BCUT2D eigenvalue weighted by Crippen LogP contribution is 2.27. The van der Waals surface area contributed by atoms with E-state index < -0.39 is 6.43 Å². The van der Waals surface area contributed by atoms with Crippen LogP contribution in [0, 0.1) is 5.41 Å². The van der Waals surface area contributed by atoms with Crippen molar-refractivity contribution < 1.29 is 8.78 Å². The van der Waals surface area contributed by atoms with Gasteiger partial charge in [-0.2, -0.15) is 0 Å². The van der Waals surface area contributed by atoms with Crippen molar-refractivity contribution in [2.24, 2.45) is 5.41 Å². The van der Waals surface area contributed by atoms with Crippen molar-refractivity contribution in [3.63, 3.8) is 0 Å². The summed E-state index contributed by atoms with van der Waals surface area (Å²) >= 11 is 0. The summed E-state index contributed by atoms with van der Waals surface area (Å²) in [5, 5.41) is 3.44. The van der Waals surface area contributed by atoms with Crippen LogP contribution >= 0.6 is 0 Å². The number of halogens is 2. The lowest BCUT2D eigenvalue weighted by Gasteiger charge is -2.46. The first kappa shape index (κ1) is 13.8. The van der Waals surface area contributed by atoms with Gasteiger partial charge in [-0.15, -0.1) is 0 Å². The van der Waals surface area contributed by atoms with Gasteiger partial charge < -0.3 is 5.32 Å². The normalized spacial score (nSPS) is 28.7. The molecule has 1 fully saturated rings. The highest BCUT2D eigenvalue weighted by atomic mass is 19.3. The Kier molecular flexibility index (Phi) is 4.68. The van der Waals surface area contributed by atoms with E-state index in [4.69, 9.17) is 0 Å². The Morgan fingerprint density at radius 3 is 2.44 bits per heavy atom. The molecule has 0 aromatic heterocycles. The summed E-state index contributed by atoms with van der Waals surface area (Å²) in [6.45, 7) is 9.89. The lowest BCUT2D eigenvalue weighted by atomic mass is 9.83. The van der Waals surface area contributed by atoms with E-state index in [0.29, 0.717) is 6.04 Å². The van der Waals surface area contributed by atoms with E-state index in [0.717, 1.165) is 19.5 Å². The van der Waals surface area contributed by atoms with Gasteiger partial charge in [0, 0.05) is 25.2 Å². The van der Waals surface area contributed by atoms with Gasteiger partial charge in [0.25, 0.3) is 6.43 Å². The first-order valence-electron chi connectivity index (χ1n) is 6.10. The molecule has 2 nitrogen and oxygen atoms in total. The van der Waals surface area contributed by atoms with Crippen molar-refractivity contribution in [1.29, 1.82) is 0 Å². The summed E-state index contributed by atoms with van der Waals surface area (Å²) in [5.74, 6) is 0. The summed E-state index contributed by atoms with van der Waals surface area (Å²) < 4.78 is 25.1. The van der Waals surface area contributed by atoms with Crippen LogP contribution in [0.1, 0.15) is 34.1 Å². The molecule has 0 spiro atoms. The third-order valence-electron chi connectivity index (χ3n) is 3.36. The highest BCUT2D eigenvalue weighted by molar-refractivity contribution is 4.92. The molecule has 2 unspecified atom stereocenters. The fourth-order valence-electron chi connectivity index (χ4n) is 2.39. The molecule has 1 heterocycles. The Balaban J connectivity index is 2.68. The molecule has 96 valence electrons. The Labute approximate surface area is 97.4 Å². The van der Waals surface area contributed by atoms with Crippen molar-refractivity contribution in [1.82, 2.24) is 10.2 Å². The van der Waals surface area contributed by atoms with Crippen LogP contribution in [0.2, 0.25) is 0 Å². The molecule has 0 amide bonds. The van der Waals surface area contributed by atoms with E-state index in [2.05, 4.69) is 33.0 Å². The number of hydrogen-bond acceptors (Lipinski definition) is 2. The molecule has 1 aliphatic heterocycles. The zero-order chi connectivity index (χ0) is 12.3. The Morgan fingerprint density at radius 1 is 1.38 bits per heavy atom. The van der Waals surface area contributed by atoms with Gasteiger partial charge in [0.2, 0.25) is 0 Å². The maximum absolute atomic E-state index is 12.5. The van der Waals surface area contributed by atoms with Crippen LogP contribution < -0.4 is 5.32 Å². The van der Waals surface area contributed by atoms with Gasteiger partial charge in [-0.25, -0.2) is 8.78 Å². The molecule has 2 atom stereocenters. The summed E-state index contributed by atoms with van der Waals surface area (Å²) in [7, 11) is 0. The molecular formula is C12H24F2N2. The van der Waals surface area contributed by atoms with E-state index in [1.54, 1.807) is 0 Å². The fraction of sp³-hybridized carbons (Fsp3) is 1.00. The highest BCUT2D eigenvalue weighted by Gasteiger charge is 2.35. The first-order chi connectivity index (χ1) is 7.34. The van der Waals surface area contributed by atoms with Crippen molar-refractivity contribution in [2.75, 3.05) is 19.6 Å². The SMILES string of the molecule is CCC1CN(CC(F)F)C(C(C)(C)C)CN1. The second-order valence-corrected chi connectivity index (χ2v) is 5.74. The van der Waals surface area contributed by atoms with Crippen molar-refractivity contribution in [3.8, 4) is 0 Å². The molecule has 0 aromatic carbocycles. The van der Waals surface area contributed by atoms with E-state index in [1.165, 1.54) is 0 Å². The fourth-order valence-corrected chi connectivity index (χ4v) is 2.39. The minimum absolute atomic E-state index is 0.0423. The maximum atomic E-state index is 12.5. The Morgan fingerprint density at radius 2 is 2.00 bits per heavy atom. The van der Waals surface area contributed by atoms with Gasteiger partial charge in [0.1, 0.15) is 0 Å². The molecule has 0 saturated carbocycles.